The normalized spacial score (nSPS) is 11.5. The Morgan fingerprint density at radius 2 is 1.91 bits per heavy atom. The molecule has 0 aliphatic rings. The summed E-state index contributed by atoms with van der Waals surface area (Å²) in [5.74, 6) is 0.447. The van der Waals surface area contributed by atoms with Gasteiger partial charge in [-0.2, -0.15) is 5.10 Å². The number of hydrogen-bond donors (Lipinski definition) is 1. The van der Waals surface area contributed by atoms with E-state index in [4.69, 9.17) is 27.3 Å². The van der Waals surface area contributed by atoms with E-state index < -0.39 is 0 Å². The lowest BCUT2D eigenvalue weighted by atomic mass is 10.0. The van der Waals surface area contributed by atoms with Crippen LogP contribution in [0.4, 0.5) is 5.82 Å². The van der Waals surface area contributed by atoms with Crippen LogP contribution >= 0.6 is 11.6 Å². The van der Waals surface area contributed by atoms with Crippen LogP contribution in [-0.4, -0.2) is 49.3 Å². The molecular formula is C24H28ClN7. The van der Waals surface area contributed by atoms with Gasteiger partial charge in [-0.1, -0.05) is 31.5 Å². The number of halogens is 1. The molecule has 0 amide bonds. The highest BCUT2D eigenvalue weighted by Crippen LogP contribution is 2.34. The van der Waals surface area contributed by atoms with Crippen molar-refractivity contribution in [3.8, 4) is 22.6 Å². The zero-order chi connectivity index (χ0) is 22.7. The molecule has 8 heteroatoms. The van der Waals surface area contributed by atoms with Crippen molar-refractivity contribution in [2.24, 2.45) is 7.05 Å². The highest BCUT2D eigenvalue weighted by Gasteiger charge is 2.19. The summed E-state index contributed by atoms with van der Waals surface area (Å²) >= 11 is 6.58. The lowest BCUT2D eigenvalue weighted by molar-refractivity contribution is 0.299. The van der Waals surface area contributed by atoms with Gasteiger partial charge in [-0.15, -0.1) is 0 Å². The van der Waals surface area contributed by atoms with Crippen LogP contribution in [0.2, 0.25) is 5.02 Å². The predicted molar refractivity (Wildman–Crippen MR) is 131 cm³/mol. The number of aryl methyl sites for hydroxylation is 2. The summed E-state index contributed by atoms with van der Waals surface area (Å²) in [7, 11) is 1.88. The van der Waals surface area contributed by atoms with Crippen LogP contribution in [0.25, 0.3) is 33.5 Å². The molecule has 0 saturated carbocycles. The second-order valence-electron chi connectivity index (χ2n) is 7.79. The zero-order valence-electron chi connectivity index (χ0n) is 18.7. The third-order valence-electron chi connectivity index (χ3n) is 5.67. The molecule has 0 aliphatic carbocycles. The fourth-order valence-electron chi connectivity index (χ4n) is 3.88. The minimum atomic E-state index is 0.447. The van der Waals surface area contributed by atoms with E-state index in [0.717, 1.165) is 66.0 Å². The molecule has 7 nitrogen and oxygen atoms in total. The lowest BCUT2D eigenvalue weighted by Gasteiger charge is -2.18. The Bertz CT molecular complexity index is 1230. The second kappa shape index (κ2) is 9.63. The van der Waals surface area contributed by atoms with Crippen LogP contribution in [0.3, 0.4) is 0 Å². The molecular weight excluding hydrogens is 422 g/mol. The lowest BCUT2D eigenvalue weighted by Crippen LogP contribution is -2.24. The molecule has 0 fully saturated rings. The van der Waals surface area contributed by atoms with E-state index in [1.807, 2.05) is 43.6 Å². The summed E-state index contributed by atoms with van der Waals surface area (Å²) < 4.78 is 1.74. The highest BCUT2D eigenvalue weighted by molar-refractivity contribution is 6.35. The third-order valence-corrected chi connectivity index (χ3v) is 5.96. The molecule has 166 valence electrons. The largest absolute Gasteiger partial charge is 0.382 e. The number of benzene rings is 1. The summed E-state index contributed by atoms with van der Waals surface area (Å²) in [4.78, 5) is 16.5. The molecule has 4 aromatic rings. The van der Waals surface area contributed by atoms with E-state index in [1.54, 1.807) is 10.9 Å². The Labute approximate surface area is 193 Å². The Morgan fingerprint density at radius 1 is 1.09 bits per heavy atom. The minimum Gasteiger partial charge on any atom is -0.382 e. The van der Waals surface area contributed by atoms with E-state index in [0.29, 0.717) is 16.5 Å². The topological polar surface area (TPSA) is 85.8 Å². The van der Waals surface area contributed by atoms with E-state index in [-0.39, 0.29) is 0 Å². The van der Waals surface area contributed by atoms with Gasteiger partial charge in [0.15, 0.2) is 0 Å². The van der Waals surface area contributed by atoms with Crippen LogP contribution in [0.1, 0.15) is 26.0 Å². The van der Waals surface area contributed by atoms with Crippen molar-refractivity contribution < 1.29 is 0 Å². The van der Waals surface area contributed by atoms with Gasteiger partial charge < -0.3 is 10.6 Å². The van der Waals surface area contributed by atoms with Crippen molar-refractivity contribution in [2.45, 2.75) is 26.7 Å². The summed E-state index contributed by atoms with van der Waals surface area (Å²) in [6.45, 7) is 7.42. The summed E-state index contributed by atoms with van der Waals surface area (Å²) in [5, 5.41) is 6.06. The molecule has 1 aromatic carbocycles. The first-order valence-corrected chi connectivity index (χ1v) is 11.3. The van der Waals surface area contributed by atoms with Gasteiger partial charge in [0, 0.05) is 30.4 Å². The van der Waals surface area contributed by atoms with E-state index in [9.17, 15) is 0 Å². The molecule has 0 unspecified atom stereocenters. The Balaban J connectivity index is 1.79. The average molecular weight is 450 g/mol. The van der Waals surface area contributed by atoms with Crippen molar-refractivity contribution in [3.05, 3.63) is 53.4 Å². The van der Waals surface area contributed by atoms with Gasteiger partial charge in [0.1, 0.15) is 17.2 Å². The maximum atomic E-state index is 6.58. The van der Waals surface area contributed by atoms with Crippen molar-refractivity contribution >= 4 is 28.3 Å². The number of aromatic nitrogens is 5. The number of nitrogens with two attached hydrogens (primary N) is 1. The van der Waals surface area contributed by atoms with Gasteiger partial charge in [-0.3, -0.25) is 9.67 Å². The molecule has 0 aliphatic heterocycles. The Morgan fingerprint density at radius 3 is 2.62 bits per heavy atom. The fourth-order valence-corrected chi connectivity index (χ4v) is 4.16. The van der Waals surface area contributed by atoms with Gasteiger partial charge in [-0.25, -0.2) is 9.97 Å². The Hall–Kier alpha value is -3.03. The predicted octanol–water partition coefficient (Wildman–Crippen LogP) is 4.60. The van der Waals surface area contributed by atoms with Crippen molar-refractivity contribution in [1.29, 1.82) is 0 Å². The molecule has 0 saturated heterocycles. The molecule has 3 aromatic heterocycles. The smallest absolute Gasteiger partial charge is 0.146 e. The third kappa shape index (κ3) is 4.59. The summed E-state index contributed by atoms with van der Waals surface area (Å²) in [5.41, 5.74) is 10.9. The van der Waals surface area contributed by atoms with Crippen LogP contribution in [0, 0.1) is 0 Å². The molecule has 3 heterocycles. The van der Waals surface area contributed by atoms with Crippen molar-refractivity contribution in [3.63, 3.8) is 0 Å². The molecule has 4 rings (SSSR count). The van der Waals surface area contributed by atoms with Crippen molar-refractivity contribution in [1.82, 2.24) is 29.6 Å². The number of pyridine rings is 1. The van der Waals surface area contributed by atoms with Crippen LogP contribution < -0.4 is 5.73 Å². The van der Waals surface area contributed by atoms with Gasteiger partial charge in [-0.05, 0) is 56.7 Å². The fraction of sp³-hybridized carbons (Fsp3) is 0.333. The first-order valence-electron chi connectivity index (χ1n) is 10.9. The van der Waals surface area contributed by atoms with E-state index in [1.165, 1.54) is 0 Å². The van der Waals surface area contributed by atoms with Gasteiger partial charge >= 0.3 is 0 Å². The Kier molecular flexibility index (Phi) is 6.67. The molecule has 0 radical (unpaired) electrons. The number of fused-ring (bicyclic) bond motifs is 1. The van der Waals surface area contributed by atoms with Crippen molar-refractivity contribution in [2.75, 3.05) is 25.4 Å². The molecule has 2 N–H and O–H groups in total. The molecule has 0 atom stereocenters. The number of anilines is 1. The van der Waals surface area contributed by atoms with E-state index in [2.05, 4.69) is 28.8 Å². The SMILES string of the molecule is CCN(CC)CCCc1nc(-c2cc(Cl)c3ncccc3c2)c(-c2ccn(C)n2)nc1N. The van der Waals surface area contributed by atoms with Gasteiger partial charge in [0.2, 0.25) is 0 Å². The number of rotatable bonds is 8. The van der Waals surface area contributed by atoms with Gasteiger partial charge in [0.05, 0.1) is 21.9 Å². The highest BCUT2D eigenvalue weighted by atomic mass is 35.5. The maximum absolute atomic E-state index is 6.58. The van der Waals surface area contributed by atoms with Crippen LogP contribution in [-0.2, 0) is 13.5 Å². The maximum Gasteiger partial charge on any atom is 0.146 e. The van der Waals surface area contributed by atoms with Crippen LogP contribution in [0.15, 0.2) is 42.7 Å². The van der Waals surface area contributed by atoms with Gasteiger partial charge in [0.25, 0.3) is 0 Å². The first kappa shape index (κ1) is 22.2. The first-order chi connectivity index (χ1) is 15.5. The molecule has 0 bridgehead atoms. The zero-order valence-corrected chi connectivity index (χ0v) is 19.5. The van der Waals surface area contributed by atoms with Crippen LogP contribution in [0.5, 0.6) is 0 Å². The average Bonchev–Trinajstić information content (AvgIpc) is 3.23. The number of hydrogen-bond acceptors (Lipinski definition) is 6. The molecule has 32 heavy (non-hydrogen) atoms. The quantitative estimate of drug-likeness (QED) is 0.423. The summed E-state index contributed by atoms with van der Waals surface area (Å²) in [6.07, 6.45) is 5.34. The summed E-state index contributed by atoms with van der Waals surface area (Å²) in [6, 6.07) is 9.74. The van der Waals surface area contributed by atoms with E-state index >= 15 is 0 Å². The standard InChI is InChI=1S/C24H28ClN7/c1-4-32(5-2)12-7-9-20-24(26)29-23(19-10-13-31(3)30-19)22(28-20)17-14-16-8-6-11-27-21(16)18(25)15-17/h6,8,10-11,13-15H,4-5,7,9,12H2,1-3H3,(H2,26,29). The monoisotopic (exact) mass is 449 g/mol. The second-order valence-corrected chi connectivity index (χ2v) is 8.20. The molecule has 0 spiro atoms. The number of nitrogens with zero attached hydrogens (tertiary/aromatic N) is 6. The number of nitrogen functional groups attached to an aromatic ring is 1. The minimum absolute atomic E-state index is 0.447.